The number of imide groups is 1. The van der Waals surface area contributed by atoms with E-state index in [-0.39, 0.29) is 23.7 Å². The number of amides is 3. The van der Waals surface area contributed by atoms with E-state index in [0.29, 0.717) is 23.4 Å². The smallest absolute Gasteiger partial charge is 0.321 e. The molecule has 1 saturated heterocycles. The molecule has 2 heterocycles. The van der Waals surface area contributed by atoms with Gasteiger partial charge in [-0.2, -0.15) is 0 Å². The van der Waals surface area contributed by atoms with Gasteiger partial charge < -0.3 is 10.1 Å². The molecule has 178 valence electrons. The third-order valence-electron chi connectivity index (χ3n) is 6.24. The summed E-state index contributed by atoms with van der Waals surface area (Å²) in [7, 11) is 0. The van der Waals surface area contributed by atoms with E-state index in [9.17, 15) is 14.0 Å². The standard InChI is InChI=1S/C23H30FN5O3S/c1-15-5-2-3-7-19(15)25-22(31)26-20(30)14-33-23-28-27-21(16-8-10-17(24)11-9-16)29(23)13-18-6-4-12-32-18/h8-11,15,18-19H,2-7,12-14H2,1H3,(H2,25,26,30,31)/t15-,18-,19+/m1/s1. The number of hydrogen-bond donors (Lipinski definition) is 2. The Morgan fingerprint density at radius 2 is 1.94 bits per heavy atom. The van der Waals surface area contributed by atoms with Crippen LogP contribution in [-0.4, -0.2) is 51.2 Å². The molecule has 1 aromatic carbocycles. The molecule has 0 unspecified atom stereocenters. The molecule has 1 saturated carbocycles. The fraction of sp³-hybridized carbons (Fsp3) is 0.565. The van der Waals surface area contributed by atoms with E-state index in [1.54, 1.807) is 12.1 Å². The first-order chi connectivity index (χ1) is 16.0. The lowest BCUT2D eigenvalue weighted by Gasteiger charge is -2.29. The highest BCUT2D eigenvalue weighted by atomic mass is 32.2. The van der Waals surface area contributed by atoms with Gasteiger partial charge in [0.15, 0.2) is 11.0 Å². The lowest BCUT2D eigenvalue weighted by Crippen LogP contribution is -2.48. The van der Waals surface area contributed by atoms with Crippen LogP contribution in [0.15, 0.2) is 29.4 Å². The topological polar surface area (TPSA) is 98.1 Å². The normalized spacial score (nSPS) is 22.8. The van der Waals surface area contributed by atoms with Gasteiger partial charge >= 0.3 is 6.03 Å². The maximum Gasteiger partial charge on any atom is 0.321 e. The molecule has 2 aromatic rings. The summed E-state index contributed by atoms with van der Waals surface area (Å²) < 4.78 is 21.1. The molecule has 33 heavy (non-hydrogen) atoms. The van der Waals surface area contributed by atoms with E-state index in [0.717, 1.165) is 44.3 Å². The monoisotopic (exact) mass is 475 g/mol. The molecule has 0 spiro atoms. The second kappa shape index (κ2) is 11.1. The fourth-order valence-electron chi connectivity index (χ4n) is 4.39. The molecule has 1 aliphatic carbocycles. The first-order valence-electron chi connectivity index (χ1n) is 11.5. The molecule has 10 heteroatoms. The molecule has 3 atom stereocenters. The van der Waals surface area contributed by atoms with Crippen LogP contribution in [0.1, 0.15) is 45.4 Å². The quantitative estimate of drug-likeness (QED) is 0.592. The van der Waals surface area contributed by atoms with Crippen LogP contribution in [0.4, 0.5) is 9.18 Å². The van der Waals surface area contributed by atoms with Crippen molar-refractivity contribution in [1.82, 2.24) is 25.4 Å². The van der Waals surface area contributed by atoms with Crippen molar-refractivity contribution in [3.63, 3.8) is 0 Å². The fourth-order valence-corrected chi connectivity index (χ4v) is 5.14. The van der Waals surface area contributed by atoms with E-state index in [2.05, 4.69) is 27.8 Å². The number of carbonyl (C=O) groups excluding carboxylic acids is 2. The van der Waals surface area contributed by atoms with Crippen LogP contribution >= 0.6 is 11.8 Å². The summed E-state index contributed by atoms with van der Waals surface area (Å²) in [6.07, 6.45) is 6.28. The number of urea groups is 1. The van der Waals surface area contributed by atoms with E-state index >= 15 is 0 Å². The average Bonchev–Trinajstić information content (AvgIpc) is 3.45. The number of aromatic nitrogens is 3. The van der Waals surface area contributed by atoms with Gasteiger partial charge in [-0.25, -0.2) is 9.18 Å². The van der Waals surface area contributed by atoms with E-state index in [4.69, 9.17) is 4.74 Å². The van der Waals surface area contributed by atoms with Crippen molar-refractivity contribution in [2.45, 2.75) is 69.3 Å². The molecule has 4 rings (SSSR count). The van der Waals surface area contributed by atoms with Crippen LogP contribution in [0.5, 0.6) is 0 Å². The molecule has 8 nitrogen and oxygen atoms in total. The minimum Gasteiger partial charge on any atom is -0.376 e. The third-order valence-corrected chi connectivity index (χ3v) is 7.21. The van der Waals surface area contributed by atoms with Crippen LogP contribution in [0.2, 0.25) is 0 Å². The Bertz CT molecular complexity index is 962. The van der Waals surface area contributed by atoms with Gasteiger partial charge in [-0.1, -0.05) is 31.5 Å². The van der Waals surface area contributed by atoms with Crippen LogP contribution in [0.3, 0.4) is 0 Å². The maximum atomic E-state index is 13.4. The molecule has 2 N–H and O–H groups in total. The highest BCUT2D eigenvalue weighted by Gasteiger charge is 2.25. The van der Waals surface area contributed by atoms with E-state index < -0.39 is 11.9 Å². The highest BCUT2D eigenvalue weighted by Crippen LogP contribution is 2.27. The molecule has 0 bridgehead atoms. The largest absolute Gasteiger partial charge is 0.376 e. The van der Waals surface area contributed by atoms with Crippen molar-refractivity contribution >= 4 is 23.7 Å². The zero-order chi connectivity index (χ0) is 23.2. The predicted molar refractivity (Wildman–Crippen MR) is 123 cm³/mol. The second-order valence-corrected chi connectivity index (χ2v) is 9.68. The van der Waals surface area contributed by atoms with Gasteiger partial charge in [-0.15, -0.1) is 10.2 Å². The summed E-state index contributed by atoms with van der Waals surface area (Å²) in [6, 6.07) is 5.73. The summed E-state index contributed by atoms with van der Waals surface area (Å²) in [5.74, 6) is 0.320. The van der Waals surface area contributed by atoms with Crippen LogP contribution < -0.4 is 10.6 Å². The summed E-state index contributed by atoms with van der Waals surface area (Å²) in [5, 5.41) is 14.4. The Labute approximate surface area is 197 Å². The molecular weight excluding hydrogens is 445 g/mol. The SMILES string of the molecule is C[C@@H]1CCCC[C@@H]1NC(=O)NC(=O)CSc1nnc(-c2ccc(F)cc2)n1C[C@H]1CCCO1. The van der Waals surface area contributed by atoms with Gasteiger partial charge in [0, 0.05) is 18.2 Å². The Hall–Kier alpha value is -2.46. The minimum absolute atomic E-state index is 0.0285. The average molecular weight is 476 g/mol. The zero-order valence-corrected chi connectivity index (χ0v) is 19.6. The number of carbonyl (C=O) groups is 2. The Morgan fingerprint density at radius 1 is 1.15 bits per heavy atom. The van der Waals surface area contributed by atoms with Gasteiger partial charge in [-0.05, 0) is 55.9 Å². The number of benzene rings is 1. The number of nitrogens with one attached hydrogen (secondary N) is 2. The van der Waals surface area contributed by atoms with Crippen LogP contribution in [0.25, 0.3) is 11.4 Å². The number of hydrogen-bond acceptors (Lipinski definition) is 6. The van der Waals surface area contributed by atoms with Crippen molar-refractivity contribution in [3.8, 4) is 11.4 Å². The lowest BCUT2D eigenvalue weighted by atomic mass is 9.86. The minimum atomic E-state index is -0.452. The molecular formula is C23H30FN5O3S. The third kappa shape index (κ3) is 6.32. The van der Waals surface area contributed by atoms with Gasteiger partial charge in [0.05, 0.1) is 18.4 Å². The van der Waals surface area contributed by atoms with E-state index in [1.165, 1.54) is 30.3 Å². The van der Waals surface area contributed by atoms with E-state index in [1.807, 2.05) is 4.57 Å². The van der Waals surface area contributed by atoms with Crippen molar-refractivity contribution in [3.05, 3.63) is 30.1 Å². The molecule has 1 aliphatic heterocycles. The van der Waals surface area contributed by atoms with Gasteiger partial charge in [0.2, 0.25) is 5.91 Å². The zero-order valence-electron chi connectivity index (χ0n) is 18.8. The highest BCUT2D eigenvalue weighted by molar-refractivity contribution is 7.99. The molecule has 3 amide bonds. The second-order valence-electron chi connectivity index (χ2n) is 8.74. The molecule has 2 aliphatic rings. The summed E-state index contributed by atoms with van der Waals surface area (Å²) in [5.41, 5.74) is 0.735. The Morgan fingerprint density at radius 3 is 2.67 bits per heavy atom. The van der Waals surface area contributed by atoms with Gasteiger partial charge in [0.1, 0.15) is 5.82 Å². The number of halogens is 1. The number of rotatable bonds is 7. The number of nitrogens with zero attached hydrogens (tertiary/aromatic N) is 3. The molecule has 2 fully saturated rings. The summed E-state index contributed by atoms with van der Waals surface area (Å²) in [4.78, 5) is 24.7. The van der Waals surface area contributed by atoms with Crippen molar-refractivity contribution in [1.29, 1.82) is 0 Å². The number of ether oxygens (including phenoxy) is 1. The van der Waals surface area contributed by atoms with Gasteiger partial charge in [0.25, 0.3) is 0 Å². The molecule has 1 aromatic heterocycles. The molecule has 0 radical (unpaired) electrons. The van der Waals surface area contributed by atoms with Crippen molar-refractivity contribution in [2.75, 3.05) is 12.4 Å². The first-order valence-corrected chi connectivity index (χ1v) is 12.5. The Kier molecular flexibility index (Phi) is 7.97. The Balaban J connectivity index is 1.38. The summed E-state index contributed by atoms with van der Waals surface area (Å²) >= 11 is 1.21. The van der Waals surface area contributed by atoms with Crippen LogP contribution in [-0.2, 0) is 16.1 Å². The van der Waals surface area contributed by atoms with Crippen LogP contribution in [0, 0.1) is 11.7 Å². The summed E-state index contributed by atoms with van der Waals surface area (Å²) in [6.45, 7) is 3.39. The van der Waals surface area contributed by atoms with Crippen molar-refractivity contribution in [2.24, 2.45) is 5.92 Å². The van der Waals surface area contributed by atoms with Crippen molar-refractivity contribution < 1.29 is 18.7 Å². The van der Waals surface area contributed by atoms with Gasteiger partial charge in [-0.3, -0.25) is 14.7 Å². The predicted octanol–water partition coefficient (Wildman–Crippen LogP) is 3.76. The maximum absolute atomic E-state index is 13.4. The number of thioether (sulfide) groups is 1. The first kappa shape index (κ1) is 23.7. The lowest BCUT2D eigenvalue weighted by molar-refractivity contribution is -0.117.